The summed E-state index contributed by atoms with van der Waals surface area (Å²) < 4.78 is 107. The highest BCUT2D eigenvalue weighted by Gasteiger charge is 2.32. The van der Waals surface area contributed by atoms with Gasteiger partial charge in [-0.2, -0.15) is 31.4 Å². The van der Waals surface area contributed by atoms with Crippen LogP contribution in [-0.2, 0) is 22.6 Å². The summed E-state index contributed by atoms with van der Waals surface area (Å²) >= 11 is 0. The van der Waals surface area contributed by atoms with Gasteiger partial charge in [-0.1, -0.05) is 12.1 Å². The first-order valence-electron chi connectivity index (χ1n) is 9.59. The smallest absolute Gasteiger partial charge is 0.416 e. The van der Waals surface area contributed by atoms with Crippen LogP contribution in [0.3, 0.4) is 0 Å². The third-order valence-corrected chi connectivity index (χ3v) is 5.83. The van der Waals surface area contributed by atoms with Crippen molar-refractivity contribution in [2.45, 2.75) is 23.8 Å². The molecule has 0 aliphatic rings. The fourth-order valence-corrected chi connectivity index (χ4v) is 3.72. The monoisotopic (exact) mass is 521 g/mol. The third kappa shape index (κ3) is 6.32. The largest absolute Gasteiger partial charge is 0.497 e. The zero-order chi connectivity index (χ0) is 26.2. The number of anilines is 2. The van der Waals surface area contributed by atoms with Crippen LogP contribution in [0.15, 0.2) is 58.4 Å². The average Bonchev–Trinajstić information content (AvgIpc) is 2.74. The zero-order valence-corrected chi connectivity index (χ0v) is 18.8. The number of nitrogens with one attached hydrogen (secondary N) is 1. The number of nitrogens with zero attached hydrogens (tertiary/aromatic N) is 2. The molecule has 0 fully saturated rings. The average molecular weight is 521 g/mol. The van der Waals surface area contributed by atoms with Crippen LogP contribution in [0.2, 0.25) is 0 Å². The number of methoxy groups -OCH3 is 1. The van der Waals surface area contributed by atoms with Gasteiger partial charge in [-0.3, -0.25) is 4.79 Å². The molecule has 0 saturated heterocycles. The number of aromatic nitrogens is 2. The van der Waals surface area contributed by atoms with Gasteiger partial charge in [0.05, 0.1) is 23.8 Å². The van der Waals surface area contributed by atoms with Crippen molar-refractivity contribution in [2.24, 2.45) is 0 Å². The molecule has 0 saturated carbocycles. The van der Waals surface area contributed by atoms with E-state index in [0.29, 0.717) is 12.1 Å². The quantitative estimate of drug-likeness (QED) is 0.475. The van der Waals surface area contributed by atoms with E-state index >= 15 is 0 Å². The summed E-state index contributed by atoms with van der Waals surface area (Å²) in [4.78, 5) is 12.8. The van der Waals surface area contributed by atoms with E-state index in [-0.39, 0.29) is 32.1 Å². The van der Waals surface area contributed by atoms with Crippen molar-refractivity contribution in [3.63, 3.8) is 0 Å². The van der Waals surface area contributed by atoms with Crippen molar-refractivity contribution in [1.29, 1.82) is 0 Å². The molecular weight excluding hydrogens is 504 g/mol. The Labute approximate surface area is 194 Å². The maximum absolute atomic E-state index is 13.3. The normalized spacial score (nSPS) is 12.5. The van der Waals surface area contributed by atoms with Crippen LogP contribution in [0.25, 0.3) is 11.1 Å². The van der Waals surface area contributed by atoms with Gasteiger partial charge in [0.15, 0.2) is 9.84 Å². The van der Waals surface area contributed by atoms with Crippen LogP contribution in [-0.4, -0.2) is 37.7 Å². The molecule has 1 aromatic heterocycles. The molecule has 1 N–H and O–H groups in total. The van der Waals surface area contributed by atoms with Crippen LogP contribution < -0.4 is 15.6 Å². The van der Waals surface area contributed by atoms with Gasteiger partial charge in [-0.15, -0.1) is 0 Å². The van der Waals surface area contributed by atoms with E-state index in [1.807, 2.05) is 0 Å². The number of alkyl halides is 6. The molecule has 7 nitrogen and oxygen atoms in total. The molecule has 35 heavy (non-hydrogen) atoms. The van der Waals surface area contributed by atoms with Gasteiger partial charge in [0.1, 0.15) is 18.0 Å². The van der Waals surface area contributed by atoms with Crippen LogP contribution >= 0.6 is 0 Å². The maximum atomic E-state index is 13.3. The summed E-state index contributed by atoms with van der Waals surface area (Å²) in [5.41, 5.74) is -3.05. The topological polar surface area (TPSA) is 90.3 Å². The van der Waals surface area contributed by atoms with Crippen molar-refractivity contribution in [3.05, 3.63) is 64.6 Å². The number of hydrogen-bond donors (Lipinski definition) is 1. The molecule has 0 atom stereocenters. The molecule has 0 unspecified atom stereocenters. The van der Waals surface area contributed by atoms with Gasteiger partial charge >= 0.3 is 12.4 Å². The van der Waals surface area contributed by atoms with E-state index in [9.17, 15) is 39.6 Å². The first-order chi connectivity index (χ1) is 16.1. The van der Waals surface area contributed by atoms with Gasteiger partial charge < -0.3 is 10.1 Å². The summed E-state index contributed by atoms with van der Waals surface area (Å²) in [7, 11) is -2.44. The predicted molar refractivity (Wildman–Crippen MR) is 114 cm³/mol. The molecule has 0 aliphatic carbocycles. The first-order valence-corrected chi connectivity index (χ1v) is 11.5. The number of benzene rings is 2. The maximum Gasteiger partial charge on any atom is 0.416 e. The Morgan fingerprint density at radius 1 is 1.03 bits per heavy atom. The number of ether oxygens (including phenoxy) is 1. The molecule has 0 amide bonds. The van der Waals surface area contributed by atoms with E-state index in [1.165, 1.54) is 24.3 Å². The second kappa shape index (κ2) is 9.24. The number of sulfone groups is 1. The van der Waals surface area contributed by atoms with Crippen molar-refractivity contribution in [2.75, 3.05) is 18.7 Å². The SMILES string of the molecule is COc1cc(Nc2c(-c3ccc(S(C)(=O)=O)cc3)cnn(CC(F)(F)F)c2=O)cc(C(F)(F)F)c1. The molecule has 3 aromatic rings. The molecule has 14 heteroatoms. The van der Waals surface area contributed by atoms with Gasteiger partial charge in [0, 0.05) is 23.6 Å². The van der Waals surface area contributed by atoms with Crippen LogP contribution in [0.4, 0.5) is 37.7 Å². The van der Waals surface area contributed by atoms with E-state index < -0.39 is 45.5 Å². The second-order valence-electron chi connectivity index (χ2n) is 7.38. The lowest BCUT2D eigenvalue weighted by atomic mass is 10.1. The predicted octanol–water partition coefficient (Wildman–Crippen LogP) is 4.65. The van der Waals surface area contributed by atoms with Gasteiger partial charge in [0.2, 0.25) is 0 Å². The first kappa shape index (κ1) is 26.1. The molecular formula is C21H17F6N3O4S. The summed E-state index contributed by atoms with van der Waals surface area (Å²) in [5.74, 6) is -0.217. The molecule has 0 aliphatic heterocycles. The zero-order valence-electron chi connectivity index (χ0n) is 18.0. The summed E-state index contributed by atoms with van der Waals surface area (Å²) in [6.45, 7) is -1.74. The number of hydrogen-bond acceptors (Lipinski definition) is 6. The molecule has 1 heterocycles. The van der Waals surface area contributed by atoms with Gasteiger partial charge in [-0.05, 0) is 29.8 Å². The van der Waals surface area contributed by atoms with E-state index in [0.717, 1.165) is 25.6 Å². The Morgan fingerprint density at radius 3 is 2.17 bits per heavy atom. The van der Waals surface area contributed by atoms with Crippen LogP contribution in [0.5, 0.6) is 5.75 Å². The van der Waals surface area contributed by atoms with Crippen LogP contribution in [0, 0.1) is 0 Å². The minimum Gasteiger partial charge on any atom is -0.497 e. The van der Waals surface area contributed by atoms with Crippen molar-refractivity contribution < 1.29 is 39.5 Å². The molecule has 3 rings (SSSR count). The minimum atomic E-state index is -4.80. The lowest BCUT2D eigenvalue weighted by Gasteiger charge is -2.17. The highest BCUT2D eigenvalue weighted by atomic mass is 32.2. The standard InChI is InChI=1S/C21H17F6N3O4S/c1-34-15-8-13(21(25,26)27)7-14(9-15)29-18-17(10-28-30(19(18)31)11-20(22,23)24)12-3-5-16(6-4-12)35(2,32)33/h3-10,29H,11H2,1-2H3. The van der Waals surface area contributed by atoms with Gasteiger partial charge in [-0.25, -0.2) is 13.1 Å². The highest BCUT2D eigenvalue weighted by Crippen LogP contribution is 2.36. The molecule has 188 valence electrons. The Balaban J connectivity index is 2.19. The fraction of sp³-hybridized carbons (Fsp3) is 0.238. The Kier molecular flexibility index (Phi) is 6.88. The minimum absolute atomic E-state index is 0.0586. The second-order valence-corrected chi connectivity index (χ2v) is 9.40. The molecule has 0 spiro atoms. The third-order valence-electron chi connectivity index (χ3n) is 4.71. The Bertz CT molecular complexity index is 1400. The van der Waals surface area contributed by atoms with Crippen LogP contribution in [0.1, 0.15) is 5.56 Å². The fourth-order valence-electron chi connectivity index (χ4n) is 3.09. The summed E-state index contributed by atoms with van der Waals surface area (Å²) in [6, 6.07) is 7.50. The van der Waals surface area contributed by atoms with E-state index in [1.54, 1.807) is 0 Å². The van der Waals surface area contributed by atoms with Crippen molar-refractivity contribution >= 4 is 21.2 Å². The summed E-state index contributed by atoms with van der Waals surface area (Å²) in [6.07, 6.45) is -7.68. The molecule has 0 bridgehead atoms. The Morgan fingerprint density at radius 2 is 1.66 bits per heavy atom. The van der Waals surface area contributed by atoms with E-state index in [2.05, 4.69) is 10.4 Å². The Hall–Kier alpha value is -3.55. The highest BCUT2D eigenvalue weighted by molar-refractivity contribution is 7.90. The lowest BCUT2D eigenvalue weighted by molar-refractivity contribution is -0.143. The summed E-state index contributed by atoms with van der Waals surface area (Å²) in [5, 5.41) is 5.98. The van der Waals surface area contributed by atoms with Crippen molar-refractivity contribution in [3.8, 4) is 16.9 Å². The van der Waals surface area contributed by atoms with E-state index in [4.69, 9.17) is 4.74 Å². The number of halogens is 6. The number of rotatable bonds is 6. The van der Waals surface area contributed by atoms with Gasteiger partial charge in [0.25, 0.3) is 5.56 Å². The molecule has 0 radical (unpaired) electrons. The van der Waals surface area contributed by atoms with Crippen molar-refractivity contribution in [1.82, 2.24) is 9.78 Å². The lowest BCUT2D eigenvalue weighted by Crippen LogP contribution is -2.31. The molecule has 2 aromatic carbocycles.